The summed E-state index contributed by atoms with van der Waals surface area (Å²) in [6.45, 7) is 3.64. The standard InChI is InChI=1S/C15H24N4O2/c1-11-6-7-12(21-11)14(16-2)15-13(20-5)10-17-19(15)9-8-18(3)4/h6-7,10,14,16H,8-9H2,1-5H3. The Morgan fingerprint density at radius 2 is 2.19 bits per heavy atom. The molecule has 0 aliphatic heterocycles. The van der Waals surface area contributed by atoms with Crippen LogP contribution in [-0.2, 0) is 6.54 Å². The van der Waals surface area contributed by atoms with Crippen LogP contribution >= 0.6 is 0 Å². The Labute approximate surface area is 125 Å². The van der Waals surface area contributed by atoms with Gasteiger partial charge in [-0.15, -0.1) is 0 Å². The van der Waals surface area contributed by atoms with Crippen LogP contribution in [0.15, 0.2) is 22.7 Å². The number of ether oxygens (including phenoxy) is 1. The third-order valence-corrected chi connectivity index (χ3v) is 3.43. The van der Waals surface area contributed by atoms with Crippen molar-refractivity contribution < 1.29 is 9.15 Å². The zero-order valence-corrected chi connectivity index (χ0v) is 13.4. The molecule has 116 valence electrons. The first-order valence-electron chi connectivity index (χ1n) is 7.04. The van der Waals surface area contributed by atoms with Crippen molar-refractivity contribution in [2.24, 2.45) is 0 Å². The Balaban J connectivity index is 2.36. The first kappa shape index (κ1) is 15.6. The van der Waals surface area contributed by atoms with Crippen molar-refractivity contribution in [1.82, 2.24) is 20.0 Å². The highest BCUT2D eigenvalue weighted by Crippen LogP contribution is 2.30. The second-order valence-electron chi connectivity index (χ2n) is 5.29. The summed E-state index contributed by atoms with van der Waals surface area (Å²) in [5.41, 5.74) is 0.983. The molecule has 1 unspecified atom stereocenters. The SMILES string of the molecule is CNC(c1ccc(C)o1)c1c(OC)cnn1CCN(C)C. The summed E-state index contributed by atoms with van der Waals surface area (Å²) in [5, 5.41) is 7.73. The largest absolute Gasteiger partial charge is 0.493 e. The predicted octanol–water partition coefficient (Wildman–Crippen LogP) is 1.66. The number of rotatable bonds is 7. The molecule has 2 aromatic heterocycles. The van der Waals surface area contributed by atoms with Crippen molar-refractivity contribution in [3.63, 3.8) is 0 Å². The maximum atomic E-state index is 5.77. The number of hydrogen-bond acceptors (Lipinski definition) is 5. The molecule has 2 aromatic rings. The van der Waals surface area contributed by atoms with Gasteiger partial charge in [-0.25, -0.2) is 0 Å². The molecular weight excluding hydrogens is 268 g/mol. The maximum Gasteiger partial charge on any atom is 0.162 e. The molecule has 6 nitrogen and oxygen atoms in total. The Morgan fingerprint density at radius 3 is 2.71 bits per heavy atom. The molecule has 2 heterocycles. The summed E-state index contributed by atoms with van der Waals surface area (Å²) in [7, 11) is 7.67. The number of likely N-dealkylation sites (N-methyl/N-ethyl adjacent to an activating group) is 1. The second kappa shape index (κ2) is 6.78. The number of nitrogens with zero attached hydrogens (tertiary/aromatic N) is 3. The zero-order valence-electron chi connectivity index (χ0n) is 13.4. The van der Waals surface area contributed by atoms with Gasteiger partial charge < -0.3 is 19.4 Å². The smallest absolute Gasteiger partial charge is 0.162 e. The van der Waals surface area contributed by atoms with Gasteiger partial charge >= 0.3 is 0 Å². The average Bonchev–Trinajstić information content (AvgIpc) is 3.05. The third kappa shape index (κ3) is 3.46. The Bertz CT molecular complexity index is 574. The fourth-order valence-corrected chi connectivity index (χ4v) is 2.32. The number of nitrogens with one attached hydrogen (secondary N) is 1. The quantitative estimate of drug-likeness (QED) is 0.841. The molecule has 0 aromatic carbocycles. The highest BCUT2D eigenvalue weighted by molar-refractivity contribution is 5.33. The van der Waals surface area contributed by atoms with E-state index in [1.807, 2.05) is 44.9 Å². The molecule has 0 bridgehead atoms. The molecule has 2 rings (SSSR count). The van der Waals surface area contributed by atoms with Gasteiger partial charge in [-0.05, 0) is 40.2 Å². The van der Waals surface area contributed by atoms with E-state index in [0.717, 1.165) is 36.1 Å². The monoisotopic (exact) mass is 292 g/mol. The van der Waals surface area contributed by atoms with Gasteiger partial charge in [0.1, 0.15) is 23.3 Å². The van der Waals surface area contributed by atoms with Gasteiger partial charge in [-0.3, -0.25) is 4.68 Å². The van der Waals surface area contributed by atoms with E-state index in [2.05, 4.69) is 15.3 Å². The van der Waals surface area contributed by atoms with Gasteiger partial charge in [0.05, 0.1) is 19.9 Å². The molecule has 0 radical (unpaired) electrons. The summed E-state index contributed by atoms with van der Waals surface area (Å²) in [5.74, 6) is 2.52. The lowest BCUT2D eigenvalue weighted by molar-refractivity contribution is 0.353. The fourth-order valence-electron chi connectivity index (χ4n) is 2.32. The van der Waals surface area contributed by atoms with E-state index >= 15 is 0 Å². The van der Waals surface area contributed by atoms with Gasteiger partial charge in [0.2, 0.25) is 0 Å². The molecule has 0 spiro atoms. The molecule has 21 heavy (non-hydrogen) atoms. The minimum absolute atomic E-state index is 0.0849. The summed E-state index contributed by atoms with van der Waals surface area (Å²) in [6.07, 6.45) is 1.76. The molecule has 0 fully saturated rings. The minimum atomic E-state index is -0.0849. The van der Waals surface area contributed by atoms with Crippen LogP contribution < -0.4 is 10.1 Å². The van der Waals surface area contributed by atoms with Crippen LogP contribution in [0.5, 0.6) is 5.75 Å². The van der Waals surface area contributed by atoms with Crippen LogP contribution in [0.1, 0.15) is 23.3 Å². The van der Waals surface area contributed by atoms with Gasteiger partial charge in [-0.2, -0.15) is 5.10 Å². The van der Waals surface area contributed by atoms with Gasteiger partial charge in [-0.1, -0.05) is 0 Å². The number of aromatic nitrogens is 2. The van der Waals surface area contributed by atoms with Gasteiger partial charge in [0.15, 0.2) is 5.75 Å². The Hall–Kier alpha value is -1.79. The van der Waals surface area contributed by atoms with E-state index in [0.29, 0.717) is 0 Å². The number of methoxy groups -OCH3 is 1. The molecule has 0 aliphatic rings. The fraction of sp³-hybridized carbons (Fsp3) is 0.533. The van der Waals surface area contributed by atoms with Crippen molar-refractivity contribution in [1.29, 1.82) is 0 Å². The molecule has 1 atom stereocenters. The lowest BCUT2D eigenvalue weighted by Gasteiger charge is -2.18. The molecular formula is C15H24N4O2. The lowest BCUT2D eigenvalue weighted by atomic mass is 10.1. The second-order valence-corrected chi connectivity index (χ2v) is 5.29. The number of hydrogen-bond donors (Lipinski definition) is 1. The topological polar surface area (TPSA) is 55.5 Å². The van der Waals surface area contributed by atoms with Crippen molar-refractivity contribution in [3.05, 3.63) is 35.5 Å². The molecule has 0 aliphatic carbocycles. The summed E-state index contributed by atoms with van der Waals surface area (Å²) in [6, 6.07) is 3.87. The highest BCUT2D eigenvalue weighted by Gasteiger charge is 2.24. The van der Waals surface area contributed by atoms with Crippen molar-refractivity contribution in [3.8, 4) is 5.75 Å². The van der Waals surface area contributed by atoms with Crippen LogP contribution in [0.2, 0.25) is 0 Å². The van der Waals surface area contributed by atoms with Gasteiger partial charge in [0.25, 0.3) is 0 Å². The van der Waals surface area contributed by atoms with Crippen LogP contribution in [0, 0.1) is 6.92 Å². The summed E-state index contributed by atoms with van der Waals surface area (Å²) < 4.78 is 13.2. The van der Waals surface area contributed by atoms with Crippen molar-refractivity contribution in [2.75, 3.05) is 34.8 Å². The van der Waals surface area contributed by atoms with E-state index in [-0.39, 0.29) is 6.04 Å². The number of furan rings is 1. The van der Waals surface area contributed by atoms with E-state index < -0.39 is 0 Å². The molecule has 0 saturated carbocycles. The Kier molecular flexibility index (Phi) is 5.03. The van der Waals surface area contributed by atoms with E-state index in [4.69, 9.17) is 9.15 Å². The Morgan fingerprint density at radius 1 is 1.43 bits per heavy atom. The van der Waals surface area contributed by atoms with Crippen molar-refractivity contribution >= 4 is 0 Å². The lowest BCUT2D eigenvalue weighted by Crippen LogP contribution is -2.25. The van der Waals surface area contributed by atoms with Crippen LogP contribution in [0.4, 0.5) is 0 Å². The van der Waals surface area contributed by atoms with Crippen LogP contribution in [0.3, 0.4) is 0 Å². The highest BCUT2D eigenvalue weighted by atomic mass is 16.5. The van der Waals surface area contributed by atoms with Crippen LogP contribution in [-0.4, -0.2) is 49.5 Å². The molecule has 0 saturated heterocycles. The third-order valence-electron chi connectivity index (χ3n) is 3.43. The maximum absolute atomic E-state index is 5.77. The summed E-state index contributed by atoms with van der Waals surface area (Å²) in [4.78, 5) is 2.13. The zero-order chi connectivity index (χ0) is 15.4. The van der Waals surface area contributed by atoms with E-state index in [1.165, 1.54) is 0 Å². The number of aryl methyl sites for hydroxylation is 1. The predicted molar refractivity (Wildman–Crippen MR) is 81.7 cm³/mol. The minimum Gasteiger partial charge on any atom is -0.493 e. The molecule has 6 heteroatoms. The van der Waals surface area contributed by atoms with Crippen LogP contribution in [0.25, 0.3) is 0 Å². The van der Waals surface area contributed by atoms with Gasteiger partial charge in [0, 0.05) is 6.54 Å². The normalized spacial score (nSPS) is 12.9. The van der Waals surface area contributed by atoms with E-state index in [9.17, 15) is 0 Å². The van der Waals surface area contributed by atoms with E-state index in [1.54, 1.807) is 13.3 Å². The summed E-state index contributed by atoms with van der Waals surface area (Å²) >= 11 is 0. The molecule has 0 amide bonds. The van der Waals surface area contributed by atoms with Crippen molar-refractivity contribution in [2.45, 2.75) is 19.5 Å². The first-order chi connectivity index (χ1) is 10.1. The first-order valence-corrected chi connectivity index (χ1v) is 7.04. The molecule has 1 N–H and O–H groups in total. The average molecular weight is 292 g/mol.